The number of amides is 1. The summed E-state index contributed by atoms with van der Waals surface area (Å²) >= 11 is 0. The molecule has 1 saturated carbocycles. The summed E-state index contributed by atoms with van der Waals surface area (Å²) < 4.78 is 48.8. The van der Waals surface area contributed by atoms with Crippen LogP contribution in [0.5, 0.6) is 11.5 Å². The van der Waals surface area contributed by atoms with Crippen LogP contribution in [-0.4, -0.2) is 32.3 Å². The smallest absolute Gasteiger partial charge is 0.391 e. The molecule has 1 aromatic carbocycles. The molecule has 1 fully saturated rings. The van der Waals surface area contributed by atoms with Crippen LogP contribution in [-0.2, 0) is 4.79 Å². The first kappa shape index (κ1) is 19.1. The summed E-state index contributed by atoms with van der Waals surface area (Å²) in [5, 5.41) is 2.66. The van der Waals surface area contributed by atoms with Gasteiger partial charge in [0.1, 0.15) is 11.5 Å². The molecule has 1 aliphatic rings. The third kappa shape index (κ3) is 5.41. The van der Waals surface area contributed by atoms with E-state index >= 15 is 0 Å². The van der Waals surface area contributed by atoms with E-state index in [0.29, 0.717) is 29.9 Å². The van der Waals surface area contributed by atoms with Crippen molar-refractivity contribution in [3.05, 3.63) is 29.8 Å². The first-order valence-electron chi connectivity index (χ1n) is 8.10. The summed E-state index contributed by atoms with van der Waals surface area (Å²) in [6.45, 7) is 0. The molecule has 0 aromatic heterocycles. The maximum absolute atomic E-state index is 12.8. The van der Waals surface area contributed by atoms with Crippen molar-refractivity contribution in [2.24, 2.45) is 5.92 Å². The van der Waals surface area contributed by atoms with Gasteiger partial charge in [0, 0.05) is 23.7 Å². The van der Waals surface area contributed by atoms with E-state index in [1.807, 2.05) is 0 Å². The fraction of sp³-hybridized carbons (Fsp3) is 0.500. The SMILES string of the molecule is COc1ccc(/C=C/C(=O)NC2CCCC(C(F)(F)F)C2)c(OC)c1. The zero-order chi connectivity index (χ0) is 18.4. The van der Waals surface area contributed by atoms with Crippen molar-refractivity contribution in [2.45, 2.75) is 37.9 Å². The van der Waals surface area contributed by atoms with E-state index in [9.17, 15) is 18.0 Å². The molecule has 0 heterocycles. The summed E-state index contributed by atoms with van der Waals surface area (Å²) in [5.74, 6) is -0.583. The van der Waals surface area contributed by atoms with Crippen LogP contribution >= 0.6 is 0 Å². The normalized spacial score (nSPS) is 21.2. The van der Waals surface area contributed by atoms with Gasteiger partial charge in [-0.05, 0) is 37.5 Å². The number of methoxy groups -OCH3 is 2. The number of alkyl halides is 3. The highest BCUT2D eigenvalue weighted by atomic mass is 19.4. The number of carbonyl (C=O) groups excluding carboxylic acids is 1. The lowest BCUT2D eigenvalue weighted by atomic mass is 9.85. The number of nitrogens with one attached hydrogen (secondary N) is 1. The van der Waals surface area contributed by atoms with Crippen LogP contribution in [0, 0.1) is 5.92 Å². The third-order valence-corrected chi connectivity index (χ3v) is 4.34. The minimum Gasteiger partial charge on any atom is -0.497 e. The van der Waals surface area contributed by atoms with Gasteiger partial charge < -0.3 is 14.8 Å². The highest BCUT2D eigenvalue weighted by Crippen LogP contribution is 2.37. The Morgan fingerprint density at radius 3 is 2.64 bits per heavy atom. The molecule has 0 saturated heterocycles. The van der Waals surface area contributed by atoms with Gasteiger partial charge in [-0.1, -0.05) is 6.42 Å². The molecule has 1 N–H and O–H groups in total. The van der Waals surface area contributed by atoms with Gasteiger partial charge in [-0.25, -0.2) is 0 Å². The molecule has 4 nitrogen and oxygen atoms in total. The summed E-state index contributed by atoms with van der Waals surface area (Å²) in [4.78, 5) is 12.0. The van der Waals surface area contributed by atoms with Crippen LogP contribution in [0.25, 0.3) is 6.08 Å². The van der Waals surface area contributed by atoms with E-state index < -0.39 is 24.0 Å². The molecule has 2 unspecified atom stereocenters. The highest BCUT2D eigenvalue weighted by Gasteiger charge is 2.42. The first-order chi connectivity index (χ1) is 11.8. The average molecular weight is 357 g/mol. The first-order valence-corrected chi connectivity index (χ1v) is 8.10. The largest absolute Gasteiger partial charge is 0.497 e. The minimum atomic E-state index is -4.20. The van der Waals surface area contributed by atoms with E-state index in [4.69, 9.17) is 9.47 Å². The zero-order valence-electron chi connectivity index (χ0n) is 14.2. The monoisotopic (exact) mass is 357 g/mol. The molecule has 2 atom stereocenters. The molecule has 1 aliphatic carbocycles. The number of halogens is 3. The van der Waals surface area contributed by atoms with Crippen molar-refractivity contribution in [1.29, 1.82) is 0 Å². The predicted molar refractivity (Wildman–Crippen MR) is 88.5 cm³/mol. The van der Waals surface area contributed by atoms with Crippen LogP contribution in [0.4, 0.5) is 13.2 Å². The van der Waals surface area contributed by atoms with Gasteiger partial charge in [-0.3, -0.25) is 4.79 Å². The number of rotatable bonds is 5. The van der Waals surface area contributed by atoms with Crippen LogP contribution in [0.1, 0.15) is 31.2 Å². The minimum absolute atomic E-state index is 0.0606. The number of ether oxygens (including phenoxy) is 2. The van der Waals surface area contributed by atoms with Gasteiger partial charge in [0.25, 0.3) is 0 Å². The van der Waals surface area contributed by atoms with Gasteiger partial charge in [-0.2, -0.15) is 13.2 Å². The van der Waals surface area contributed by atoms with Crippen molar-refractivity contribution in [3.63, 3.8) is 0 Å². The maximum atomic E-state index is 12.8. The second-order valence-corrected chi connectivity index (χ2v) is 6.05. The van der Waals surface area contributed by atoms with Gasteiger partial charge >= 0.3 is 6.18 Å². The molecule has 0 bridgehead atoms. The van der Waals surface area contributed by atoms with Crippen LogP contribution in [0.15, 0.2) is 24.3 Å². The predicted octanol–water partition coefficient (Wildman–Crippen LogP) is 3.95. The zero-order valence-corrected chi connectivity index (χ0v) is 14.2. The molecule has 0 aliphatic heterocycles. The molecule has 7 heteroatoms. The van der Waals surface area contributed by atoms with E-state index in [1.165, 1.54) is 20.3 Å². The summed E-state index contributed by atoms with van der Waals surface area (Å²) in [6.07, 6.45) is -0.220. The summed E-state index contributed by atoms with van der Waals surface area (Å²) in [5.41, 5.74) is 0.676. The maximum Gasteiger partial charge on any atom is 0.391 e. The lowest BCUT2D eigenvalue weighted by Crippen LogP contribution is -2.41. The fourth-order valence-corrected chi connectivity index (χ4v) is 2.99. The Morgan fingerprint density at radius 1 is 1.24 bits per heavy atom. The third-order valence-electron chi connectivity index (χ3n) is 4.34. The topological polar surface area (TPSA) is 47.6 Å². The van der Waals surface area contributed by atoms with Crippen LogP contribution < -0.4 is 14.8 Å². The number of benzene rings is 1. The second-order valence-electron chi connectivity index (χ2n) is 6.05. The van der Waals surface area contributed by atoms with Gasteiger partial charge in [0.15, 0.2) is 0 Å². The molecule has 0 spiro atoms. The Balaban J connectivity index is 1.97. The van der Waals surface area contributed by atoms with E-state index in [0.717, 1.165) is 0 Å². The Morgan fingerprint density at radius 2 is 2.00 bits per heavy atom. The molecule has 1 amide bonds. The molecule has 138 valence electrons. The lowest BCUT2D eigenvalue weighted by molar-refractivity contribution is -0.184. The molecule has 1 aromatic rings. The number of hydrogen-bond donors (Lipinski definition) is 1. The quantitative estimate of drug-likeness (QED) is 0.812. The standard InChI is InChI=1S/C18H22F3NO3/c1-24-15-8-6-12(16(11-15)25-2)7-9-17(23)22-14-5-3-4-13(10-14)18(19,20)21/h6-9,11,13-14H,3-5,10H2,1-2H3,(H,22,23)/b9-7+. The van der Waals surface area contributed by atoms with Crippen molar-refractivity contribution in [1.82, 2.24) is 5.32 Å². The lowest BCUT2D eigenvalue weighted by Gasteiger charge is -2.30. The summed E-state index contributed by atoms with van der Waals surface area (Å²) in [7, 11) is 3.04. The molecular formula is C18H22F3NO3. The van der Waals surface area contributed by atoms with E-state index in [-0.39, 0.29) is 12.8 Å². The molecule has 2 rings (SSSR count). The Kier molecular flexibility index (Phi) is 6.33. The highest BCUT2D eigenvalue weighted by molar-refractivity contribution is 5.92. The number of carbonyl (C=O) groups is 1. The van der Waals surface area contributed by atoms with Crippen molar-refractivity contribution in [2.75, 3.05) is 14.2 Å². The summed E-state index contributed by atoms with van der Waals surface area (Å²) in [6, 6.07) is 4.71. The Hall–Kier alpha value is -2.18. The van der Waals surface area contributed by atoms with Crippen molar-refractivity contribution in [3.8, 4) is 11.5 Å². The Bertz CT molecular complexity index is 628. The molecular weight excluding hydrogens is 335 g/mol. The fourth-order valence-electron chi connectivity index (χ4n) is 2.99. The second kappa shape index (κ2) is 8.27. The van der Waals surface area contributed by atoms with Gasteiger partial charge in [-0.15, -0.1) is 0 Å². The van der Waals surface area contributed by atoms with Gasteiger partial charge in [0.2, 0.25) is 5.91 Å². The van der Waals surface area contributed by atoms with E-state index in [2.05, 4.69) is 5.32 Å². The van der Waals surface area contributed by atoms with Gasteiger partial charge in [0.05, 0.1) is 20.1 Å². The van der Waals surface area contributed by atoms with Crippen molar-refractivity contribution < 1.29 is 27.4 Å². The van der Waals surface area contributed by atoms with Crippen LogP contribution in [0.2, 0.25) is 0 Å². The van der Waals surface area contributed by atoms with E-state index in [1.54, 1.807) is 24.3 Å². The Labute approximate surface area is 145 Å². The average Bonchev–Trinajstić information content (AvgIpc) is 2.59. The van der Waals surface area contributed by atoms with Crippen molar-refractivity contribution >= 4 is 12.0 Å². The van der Waals surface area contributed by atoms with Crippen LogP contribution in [0.3, 0.4) is 0 Å². The molecule has 0 radical (unpaired) electrons. The molecule has 25 heavy (non-hydrogen) atoms. The number of hydrogen-bond acceptors (Lipinski definition) is 3.